The third kappa shape index (κ3) is 51.7. The molecule has 65 heavy (non-hydrogen) atoms. The van der Waals surface area contributed by atoms with Crippen LogP contribution in [0.2, 0.25) is 0 Å². The normalized spacial score (nSPS) is 12.6. The van der Waals surface area contributed by atoms with Gasteiger partial charge in [-0.25, -0.2) is 0 Å². The van der Waals surface area contributed by atoms with Gasteiger partial charge in [0.15, 0.2) is 6.10 Å². The van der Waals surface area contributed by atoms with E-state index in [0.29, 0.717) is 19.3 Å². The smallest absolute Gasteiger partial charge is 0.306 e. The first-order valence-corrected chi connectivity index (χ1v) is 27.4. The van der Waals surface area contributed by atoms with Crippen LogP contribution in [0.25, 0.3) is 0 Å². The average Bonchev–Trinajstić information content (AvgIpc) is 3.30. The number of carbonyl (C=O) groups excluding carboxylic acids is 3. The molecule has 0 aromatic carbocycles. The van der Waals surface area contributed by atoms with Crippen molar-refractivity contribution in [1.29, 1.82) is 0 Å². The summed E-state index contributed by atoms with van der Waals surface area (Å²) in [5.41, 5.74) is 0. The van der Waals surface area contributed by atoms with Gasteiger partial charge in [-0.3, -0.25) is 14.4 Å². The molecule has 0 fully saturated rings. The molecule has 0 amide bonds. The first-order chi connectivity index (χ1) is 32.0. The fraction of sp³-hybridized carbons (Fsp3) is 0.746. The molecule has 6 nitrogen and oxygen atoms in total. The number of carbonyl (C=O) groups is 3. The number of esters is 3. The summed E-state index contributed by atoms with van der Waals surface area (Å²) in [6.45, 7) is 6.48. The Morgan fingerprint density at radius 2 is 0.615 bits per heavy atom. The van der Waals surface area contributed by atoms with E-state index >= 15 is 0 Å². The molecule has 0 aliphatic rings. The predicted octanol–water partition coefficient (Wildman–Crippen LogP) is 18.2. The molecule has 374 valence electrons. The summed E-state index contributed by atoms with van der Waals surface area (Å²) in [7, 11) is 0. The van der Waals surface area contributed by atoms with Gasteiger partial charge in [0.2, 0.25) is 0 Å². The van der Waals surface area contributed by atoms with Gasteiger partial charge in [-0.1, -0.05) is 235 Å². The van der Waals surface area contributed by atoms with E-state index < -0.39 is 6.10 Å². The maximum Gasteiger partial charge on any atom is 0.306 e. The Bertz CT molecular complexity index is 1230. The zero-order chi connectivity index (χ0) is 47.2. The molecule has 0 N–H and O–H groups in total. The van der Waals surface area contributed by atoms with Gasteiger partial charge >= 0.3 is 17.9 Å². The monoisotopic (exact) mass is 907 g/mol. The molecule has 0 heterocycles. The lowest BCUT2D eigenvalue weighted by molar-refractivity contribution is -0.167. The second-order valence-corrected chi connectivity index (χ2v) is 18.1. The molecule has 0 spiro atoms. The Balaban J connectivity index is 4.41. The molecular weight excluding hydrogens is 805 g/mol. The van der Waals surface area contributed by atoms with Gasteiger partial charge in [0.05, 0.1) is 0 Å². The molecule has 1 atom stereocenters. The molecule has 0 aromatic heterocycles. The highest BCUT2D eigenvalue weighted by Crippen LogP contribution is 2.15. The zero-order valence-electron chi connectivity index (χ0n) is 42.7. The van der Waals surface area contributed by atoms with Crippen LogP contribution in [0.15, 0.2) is 72.9 Å². The fourth-order valence-electron chi connectivity index (χ4n) is 7.59. The molecule has 0 aliphatic carbocycles. The largest absolute Gasteiger partial charge is 0.462 e. The summed E-state index contributed by atoms with van der Waals surface area (Å²) in [6, 6.07) is 0. The standard InChI is InChI=1S/C59H102O6/c1-4-7-10-13-16-19-22-24-26-28-29-31-32-34-37-40-43-46-49-52-58(61)64-55-56(54-63-57(60)51-48-45-42-39-36-21-18-15-12-9-6-3)65-59(62)53-50-47-44-41-38-35-33-30-27-25-23-20-17-14-11-8-5-2/h7,10,16,19,24-27,33,35,41,44,56H,4-6,8-9,11-15,17-18,20-23,28-32,34,36-40,42-43,45-55H2,1-3H3/b10-7-,19-16-,26-24-,27-25-,35-33-,44-41-. The van der Waals surface area contributed by atoms with E-state index in [2.05, 4.69) is 93.7 Å². The molecule has 0 rings (SSSR count). The van der Waals surface area contributed by atoms with E-state index in [9.17, 15) is 14.4 Å². The van der Waals surface area contributed by atoms with Crippen molar-refractivity contribution in [2.24, 2.45) is 0 Å². The van der Waals surface area contributed by atoms with Crippen molar-refractivity contribution in [2.45, 2.75) is 271 Å². The maximum absolute atomic E-state index is 12.8. The third-order valence-electron chi connectivity index (χ3n) is 11.7. The number of allylic oxidation sites excluding steroid dienone is 12. The van der Waals surface area contributed by atoms with Crippen molar-refractivity contribution in [1.82, 2.24) is 0 Å². The number of hydrogen-bond donors (Lipinski definition) is 0. The number of ether oxygens (including phenoxy) is 3. The molecule has 0 saturated heterocycles. The second-order valence-electron chi connectivity index (χ2n) is 18.1. The highest BCUT2D eigenvalue weighted by Gasteiger charge is 2.19. The van der Waals surface area contributed by atoms with Crippen LogP contribution in [-0.2, 0) is 28.6 Å². The predicted molar refractivity (Wildman–Crippen MR) is 279 cm³/mol. The molecular formula is C59H102O6. The number of unbranched alkanes of at least 4 members (excludes halogenated alkanes) is 26. The molecule has 1 unspecified atom stereocenters. The maximum atomic E-state index is 12.8. The van der Waals surface area contributed by atoms with E-state index in [0.717, 1.165) is 77.0 Å². The highest BCUT2D eigenvalue weighted by molar-refractivity contribution is 5.71. The third-order valence-corrected chi connectivity index (χ3v) is 11.7. The SMILES string of the molecule is CC/C=C\C/C=C\C/C=C\CCCCCCCCCCCC(=O)OCC(COC(=O)CCCCCCCCCCCCC)OC(=O)CCC/C=C\C/C=C\C/C=C\CCCCCCCC. The summed E-state index contributed by atoms with van der Waals surface area (Å²) < 4.78 is 16.8. The van der Waals surface area contributed by atoms with Crippen LogP contribution in [0.5, 0.6) is 0 Å². The Labute approximate surface area is 402 Å². The average molecular weight is 907 g/mol. The first kappa shape index (κ1) is 61.9. The van der Waals surface area contributed by atoms with Gasteiger partial charge < -0.3 is 14.2 Å². The zero-order valence-corrected chi connectivity index (χ0v) is 42.7. The Morgan fingerprint density at radius 3 is 0.985 bits per heavy atom. The molecule has 0 bridgehead atoms. The van der Waals surface area contributed by atoms with Crippen LogP contribution in [-0.4, -0.2) is 37.2 Å². The summed E-state index contributed by atoms with van der Waals surface area (Å²) in [5, 5.41) is 0. The molecule has 6 heteroatoms. The van der Waals surface area contributed by atoms with Crippen molar-refractivity contribution < 1.29 is 28.6 Å². The Kier molecular flexibility index (Phi) is 50.9. The van der Waals surface area contributed by atoms with Gasteiger partial charge in [-0.05, 0) is 83.5 Å². The van der Waals surface area contributed by atoms with Crippen molar-refractivity contribution in [3.8, 4) is 0 Å². The van der Waals surface area contributed by atoms with Crippen molar-refractivity contribution in [2.75, 3.05) is 13.2 Å². The minimum absolute atomic E-state index is 0.0952. The molecule has 0 aliphatic heterocycles. The summed E-state index contributed by atoms with van der Waals surface area (Å²) >= 11 is 0. The Morgan fingerprint density at radius 1 is 0.323 bits per heavy atom. The fourth-order valence-corrected chi connectivity index (χ4v) is 7.59. The van der Waals surface area contributed by atoms with E-state index in [-0.39, 0.29) is 37.5 Å². The van der Waals surface area contributed by atoms with Crippen LogP contribution in [0.4, 0.5) is 0 Å². The van der Waals surface area contributed by atoms with Crippen molar-refractivity contribution in [3.63, 3.8) is 0 Å². The minimum Gasteiger partial charge on any atom is -0.462 e. The lowest BCUT2D eigenvalue weighted by Gasteiger charge is -2.18. The lowest BCUT2D eigenvalue weighted by atomic mass is 10.1. The van der Waals surface area contributed by atoms with E-state index in [1.54, 1.807) is 0 Å². The van der Waals surface area contributed by atoms with Crippen molar-refractivity contribution in [3.05, 3.63) is 72.9 Å². The minimum atomic E-state index is -0.801. The van der Waals surface area contributed by atoms with Gasteiger partial charge in [0, 0.05) is 19.3 Å². The van der Waals surface area contributed by atoms with Crippen molar-refractivity contribution >= 4 is 17.9 Å². The molecule has 0 radical (unpaired) electrons. The van der Waals surface area contributed by atoms with Gasteiger partial charge in [0.1, 0.15) is 13.2 Å². The van der Waals surface area contributed by atoms with Crippen LogP contribution in [0.3, 0.4) is 0 Å². The van der Waals surface area contributed by atoms with E-state index in [1.165, 1.54) is 141 Å². The molecule has 0 saturated carbocycles. The van der Waals surface area contributed by atoms with Gasteiger partial charge in [-0.15, -0.1) is 0 Å². The van der Waals surface area contributed by atoms with Crippen LogP contribution in [0, 0.1) is 0 Å². The topological polar surface area (TPSA) is 78.9 Å². The summed E-state index contributed by atoms with van der Waals surface area (Å²) in [4.78, 5) is 38.0. The van der Waals surface area contributed by atoms with Gasteiger partial charge in [0.25, 0.3) is 0 Å². The summed E-state index contributed by atoms with van der Waals surface area (Å²) in [6.07, 6.45) is 67.5. The first-order valence-electron chi connectivity index (χ1n) is 27.4. The van der Waals surface area contributed by atoms with Crippen LogP contribution in [0.1, 0.15) is 265 Å². The van der Waals surface area contributed by atoms with Gasteiger partial charge in [-0.2, -0.15) is 0 Å². The highest BCUT2D eigenvalue weighted by atomic mass is 16.6. The summed E-state index contributed by atoms with van der Waals surface area (Å²) in [5.74, 6) is -0.949. The lowest BCUT2D eigenvalue weighted by Crippen LogP contribution is -2.30. The Hall–Kier alpha value is -3.15. The number of rotatable bonds is 49. The van der Waals surface area contributed by atoms with E-state index in [1.807, 2.05) is 0 Å². The number of hydrogen-bond acceptors (Lipinski definition) is 6. The molecule has 0 aromatic rings. The quantitative estimate of drug-likeness (QED) is 0.0262. The second kappa shape index (κ2) is 53.5. The van der Waals surface area contributed by atoms with E-state index in [4.69, 9.17) is 14.2 Å². The van der Waals surface area contributed by atoms with Crippen LogP contribution < -0.4 is 0 Å². The van der Waals surface area contributed by atoms with Crippen LogP contribution >= 0.6 is 0 Å².